The van der Waals surface area contributed by atoms with Gasteiger partial charge in [-0.3, -0.25) is 4.79 Å². The summed E-state index contributed by atoms with van der Waals surface area (Å²) in [5.41, 5.74) is 0.0998. The van der Waals surface area contributed by atoms with Crippen LogP contribution < -0.4 is 5.32 Å². The summed E-state index contributed by atoms with van der Waals surface area (Å²) in [5, 5.41) is 2.46. The van der Waals surface area contributed by atoms with Crippen molar-refractivity contribution >= 4 is 18.0 Å². The zero-order valence-corrected chi connectivity index (χ0v) is 16.8. The van der Waals surface area contributed by atoms with E-state index in [1.807, 2.05) is 44.2 Å². The minimum Gasteiger partial charge on any atom is -0.459 e. The Kier molecular flexibility index (Phi) is 8.78. The van der Waals surface area contributed by atoms with E-state index in [0.717, 1.165) is 5.56 Å². The number of carbonyl (C=O) groups excluding carboxylic acids is 3. The molecule has 1 atom stereocenters. The first-order valence-corrected chi connectivity index (χ1v) is 9.14. The largest absolute Gasteiger partial charge is 0.459 e. The summed E-state index contributed by atoms with van der Waals surface area (Å²) in [6.07, 6.45) is -0.953. The Morgan fingerprint density at radius 3 is 2.19 bits per heavy atom. The Labute approximate surface area is 161 Å². The molecule has 0 saturated heterocycles. The summed E-state index contributed by atoms with van der Waals surface area (Å²) in [6.45, 7) is 9.96. The zero-order chi connectivity index (χ0) is 20.4. The van der Waals surface area contributed by atoms with Gasteiger partial charge in [0.2, 0.25) is 5.91 Å². The predicted molar refractivity (Wildman–Crippen MR) is 102 cm³/mol. The van der Waals surface area contributed by atoms with Gasteiger partial charge in [0.15, 0.2) is 0 Å². The van der Waals surface area contributed by atoms with E-state index in [0.29, 0.717) is 13.1 Å². The third-order valence-corrected chi connectivity index (χ3v) is 3.69. The Morgan fingerprint density at radius 2 is 1.67 bits per heavy atom. The molecule has 0 aliphatic rings. The Balaban J connectivity index is 2.80. The third-order valence-electron chi connectivity index (χ3n) is 3.69. The molecule has 27 heavy (non-hydrogen) atoms. The summed E-state index contributed by atoms with van der Waals surface area (Å²) in [5.74, 6) is -0.914. The Bertz CT molecular complexity index is 621. The average molecular weight is 378 g/mol. The van der Waals surface area contributed by atoms with Crippen molar-refractivity contribution in [2.75, 3.05) is 13.1 Å². The van der Waals surface area contributed by atoms with Gasteiger partial charge in [0.1, 0.15) is 18.2 Å². The summed E-state index contributed by atoms with van der Waals surface area (Å²) >= 11 is 0. The summed E-state index contributed by atoms with van der Waals surface area (Å²) in [4.78, 5) is 38.5. The SMILES string of the molecule is CCN(CC)C(=O)CC(NC(=O)OC(C)(C)C)C(=O)OCc1ccccc1. The number of carbonyl (C=O) groups is 3. The first-order valence-electron chi connectivity index (χ1n) is 9.14. The highest BCUT2D eigenvalue weighted by Crippen LogP contribution is 2.09. The van der Waals surface area contributed by atoms with Crippen LogP contribution in [0.2, 0.25) is 0 Å². The van der Waals surface area contributed by atoms with Crippen molar-refractivity contribution in [3.05, 3.63) is 35.9 Å². The molecule has 1 aromatic carbocycles. The smallest absolute Gasteiger partial charge is 0.408 e. The van der Waals surface area contributed by atoms with E-state index < -0.39 is 23.7 Å². The van der Waals surface area contributed by atoms with Crippen LogP contribution in [0.1, 0.15) is 46.6 Å². The molecule has 1 unspecified atom stereocenters. The maximum Gasteiger partial charge on any atom is 0.408 e. The second kappa shape index (κ2) is 10.5. The molecule has 0 heterocycles. The molecule has 2 amide bonds. The van der Waals surface area contributed by atoms with Crippen molar-refractivity contribution in [2.24, 2.45) is 0 Å². The van der Waals surface area contributed by atoms with Crippen LogP contribution in [0, 0.1) is 0 Å². The maximum absolute atomic E-state index is 12.5. The highest BCUT2D eigenvalue weighted by Gasteiger charge is 2.29. The molecule has 0 spiro atoms. The average Bonchev–Trinajstić information content (AvgIpc) is 2.59. The molecule has 0 radical (unpaired) electrons. The van der Waals surface area contributed by atoms with Crippen LogP contribution in [0.3, 0.4) is 0 Å². The van der Waals surface area contributed by atoms with E-state index in [4.69, 9.17) is 9.47 Å². The Morgan fingerprint density at radius 1 is 1.07 bits per heavy atom. The molecular formula is C20H30N2O5. The fourth-order valence-electron chi connectivity index (χ4n) is 2.35. The number of amides is 2. The van der Waals surface area contributed by atoms with Gasteiger partial charge in [0.05, 0.1) is 6.42 Å². The van der Waals surface area contributed by atoms with Gasteiger partial charge in [-0.15, -0.1) is 0 Å². The molecule has 7 heteroatoms. The molecule has 0 fully saturated rings. The predicted octanol–water partition coefficient (Wildman–Crippen LogP) is 2.88. The van der Waals surface area contributed by atoms with Crippen LogP contribution in [-0.2, 0) is 25.7 Å². The lowest BCUT2D eigenvalue weighted by molar-refractivity contribution is -0.150. The highest BCUT2D eigenvalue weighted by atomic mass is 16.6. The quantitative estimate of drug-likeness (QED) is 0.703. The van der Waals surface area contributed by atoms with Gasteiger partial charge in [-0.05, 0) is 40.2 Å². The second-order valence-electron chi connectivity index (χ2n) is 7.06. The van der Waals surface area contributed by atoms with Crippen molar-refractivity contribution in [3.63, 3.8) is 0 Å². The van der Waals surface area contributed by atoms with Crippen LogP contribution >= 0.6 is 0 Å². The van der Waals surface area contributed by atoms with E-state index in [9.17, 15) is 14.4 Å². The van der Waals surface area contributed by atoms with Gasteiger partial charge in [-0.2, -0.15) is 0 Å². The summed E-state index contributed by atoms with van der Waals surface area (Å²) < 4.78 is 10.5. The van der Waals surface area contributed by atoms with Crippen LogP contribution in [0.4, 0.5) is 4.79 Å². The third kappa shape index (κ3) is 8.57. The van der Waals surface area contributed by atoms with E-state index in [1.54, 1.807) is 25.7 Å². The van der Waals surface area contributed by atoms with Gasteiger partial charge in [0.25, 0.3) is 0 Å². The highest BCUT2D eigenvalue weighted by molar-refractivity contribution is 5.88. The van der Waals surface area contributed by atoms with Crippen molar-refractivity contribution in [3.8, 4) is 0 Å². The van der Waals surface area contributed by atoms with Crippen LogP contribution in [0.15, 0.2) is 30.3 Å². The number of benzene rings is 1. The number of esters is 1. The minimum absolute atomic E-state index is 0.0611. The molecule has 1 N–H and O–H groups in total. The van der Waals surface area contributed by atoms with Crippen molar-refractivity contribution in [2.45, 2.75) is 59.3 Å². The lowest BCUT2D eigenvalue weighted by Gasteiger charge is -2.25. The molecule has 7 nitrogen and oxygen atoms in total. The minimum atomic E-state index is -1.11. The second-order valence-corrected chi connectivity index (χ2v) is 7.06. The van der Waals surface area contributed by atoms with Crippen LogP contribution in [0.5, 0.6) is 0 Å². The monoisotopic (exact) mass is 378 g/mol. The molecule has 0 bridgehead atoms. The summed E-state index contributed by atoms with van der Waals surface area (Å²) in [6, 6.07) is 8.07. The van der Waals surface area contributed by atoms with E-state index in [-0.39, 0.29) is 18.9 Å². The number of nitrogens with one attached hydrogen (secondary N) is 1. The molecular weight excluding hydrogens is 348 g/mol. The number of nitrogens with zero attached hydrogens (tertiary/aromatic N) is 1. The topological polar surface area (TPSA) is 84.9 Å². The molecule has 1 aromatic rings. The van der Waals surface area contributed by atoms with Gasteiger partial charge in [-0.25, -0.2) is 9.59 Å². The lowest BCUT2D eigenvalue weighted by atomic mass is 10.1. The molecule has 1 rings (SSSR count). The molecule has 0 aromatic heterocycles. The number of hydrogen-bond acceptors (Lipinski definition) is 5. The van der Waals surface area contributed by atoms with Crippen LogP contribution in [-0.4, -0.2) is 47.6 Å². The maximum atomic E-state index is 12.5. The number of ether oxygens (including phenoxy) is 2. The van der Waals surface area contributed by atoms with E-state index >= 15 is 0 Å². The number of alkyl carbamates (subject to hydrolysis) is 1. The Hall–Kier alpha value is -2.57. The van der Waals surface area contributed by atoms with Crippen LogP contribution in [0.25, 0.3) is 0 Å². The summed E-state index contributed by atoms with van der Waals surface area (Å²) in [7, 11) is 0. The molecule has 0 aliphatic carbocycles. The standard InChI is InChI=1S/C20H30N2O5/c1-6-22(7-2)17(23)13-16(21-19(25)27-20(3,4)5)18(24)26-14-15-11-9-8-10-12-15/h8-12,16H,6-7,13-14H2,1-5H3,(H,21,25). The van der Waals surface area contributed by atoms with E-state index in [2.05, 4.69) is 5.32 Å². The van der Waals surface area contributed by atoms with Crippen molar-refractivity contribution < 1.29 is 23.9 Å². The normalized spacial score (nSPS) is 12.0. The number of hydrogen-bond donors (Lipinski definition) is 1. The fourth-order valence-corrected chi connectivity index (χ4v) is 2.35. The van der Waals surface area contributed by atoms with Crippen molar-refractivity contribution in [1.82, 2.24) is 10.2 Å². The fraction of sp³-hybridized carbons (Fsp3) is 0.550. The molecule has 0 saturated carbocycles. The first kappa shape index (κ1) is 22.5. The van der Waals surface area contributed by atoms with E-state index in [1.165, 1.54) is 0 Å². The van der Waals surface area contributed by atoms with Crippen molar-refractivity contribution in [1.29, 1.82) is 0 Å². The molecule has 0 aliphatic heterocycles. The molecule has 150 valence electrons. The first-order chi connectivity index (χ1) is 12.7. The van der Waals surface area contributed by atoms with Gasteiger partial charge in [0, 0.05) is 13.1 Å². The van der Waals surface area contributed by atoms with Gasteiger partial charge < -0.3 is 19.7 Å². The van der Waals surface area contributed by atoms with Gasteiger partial charge >= 0.3 is 12.1 Å². The van der Waals surface area contributed by atoms with Gasteiger partial charge in [-0.1, -0.05) is 30.3 Å². The lowest BCUT2D eigenvalue weighted by Crippen LogP contribution is -2.47. The number of rotatable bonds is 8. The zero-order valence-electron chi connectivity index (χ0n) is 16.8.